The van der Waals surface area contributed by atoms with E-state index < -0.39 is 37.1 Å². The topological polar surface area (TPSA) is 75.0 Å². The minimum atomic E-state index is -1.33. The standard InChI is InChI=1S/C19H26BrF2N3O3SSi/c1-18(13-7-12(20)9-23-15(13)22)14-8-19(14,10-21)29-16(24-18)25(17(26)27)11-28-5-6-30(2,3)4/h7,9,14H,5-6,8,10-11H2,1-4H3,(H,26,27)/t14-,18+,19+/m0/s1. The summed E-state index contributed by atoms with van der Waals surface area (Å²) in [6, 6.07) is 2.47. The van der Waals surface area contributed by atoms with Crippen molar-refractivity contribution in [3.63, 3.8) is 0 Å². The molecule has 1 N–H and O–H groups in total. The van der Waals surface area contributed by atoms with Crippen molar-refractivity contribution in [3.05, 3.63) is 28.2 Å². The predicted octanol–water partition coefficient (Wildman–Crippen LogP) is 5.32. The third kappa shape index (κ3) is 4.73. The number of nitrogens with zero attached hydrogens (tertiary/aromatic N) is 3. The first-order chi connectivity index (χ1) is 13.9. The molecule has 1 fully saturated rings. The van der Waals surface area contributed by atoms with Gasteiger partial charge in [-0.15, -0.1) is 0 Å². The van der Waals surface area contributed by atoms with Crippen LogP contribution in [0, 0.1) is 11.9 Å². The summed E-state index contributed by atoms with van der Waals surface area (Å²) in [5.74, 6) is -0.943. The molecular formula is C19H26BrF2N3O3SSi. The van der Waals surface area contributed by atoms with E-state index in [1.165, 1.54) is 6.20 Å². The molecule has 11 heteroatoms. The summed E-state index contributed by atoms with van der Waals surface area (Å²) in [4.78, 5) is 21.3. The number of aliphatic imine (C=N–C) groups is 1. The van der Waals surface area contributed by atoms with Crippen LogP contribution in [0.1, 0.15) is 18.9 Å². The highest BCUT2D eigenvalue weighted by Gasteiger charge is 2.67. The van der Waals surface area contributed by atoms with Crippen molar-refractivity contribution in [1.29, 1.82) is 0 Å². The molecule has 3 atom stereocenters. The molecule has 2 heterocycles. The van der Waals surface area contributed by atoms with Crippen LogP contribution in [0.3, 0.4) is 0 Å². The lowest BCUT2D eigenvalue weighted by atomic mass is 9.87. The fourth-order valence-corrected chi connectivity index (χ4v) is 6.24. The van der Waals surface area contributed by atoms with Gasteiger partial charge in [-0.1, -0.05) is 31.4 Å². The minimum absolute atomic E-state index is 0.128. The van der Waals surface area contributed by atoms with Crippen LogP contribution in [-0.2, 0) is 10.3 Å². The molecule has 1 aliphatic carbocycles. The first-order valence-electron chi connectivity index (χ1n) is 9.66. The van der Waals surface area contributed by atoms with Gasteiger partial charge < -0.3 is 9.84 Å². The highest BCUT2D eigenvalue weighted by molar-refractivity contribution is 9.10. The summed E-state index contributed by atoms with van der Waals surface area (Å²) in [6.07, 6.45) is 0.584. The summed E-state index contributed by atoms with van der Waals surface area (Å²) < 4.78 is 34.0. The van der Waals surface area contributed by atoms with Gasteiger partial charge in [0.1, 0.15) is 13.4 Å². The Morgan fingerprint density at radius 2 is 2.20 bits per heavy atom. The molecule has 1 aromatic heterocycles. The molecule has 0 spiro atoms. The van der Waals surface area contributed by atoms with Crippen LogP contribution < -0.4 is 0 Å². The van der Waals surface area contributed by atoms with Crippen molar-refractivity contribution in [2.45, 2.75) is 49.3 Å². The third-order valence-electron chi connectivity index (χ3n) is 5.58. The Hall–Kier alpha value is -1.04. The lowest BCUT2D eigenvalue weighted by molar-refractivity contribution is 0.0702. The second-order valence-corrected chi connectivity index (χ2v) is 17.1. The number of rotatable bonds is 7. The predicted molar refractivity (Wildman–Crippen MR) is 120 cm³/mol. The second-order valence-electron chi connectivity index (χ2n) is 9.15. The molecule has 0 aromatic carbocycles. The Labute approximate surface area is 188 Å². The van der Waals surface area contributed by atoms with E-state index in [0.29, 0.717) is 17.5 Å². The van der Waals surface area contributed by atoms with Gasteiger partial charge in [-0.05, 0) is 41.4 Å². The molecular weight excluding hydrogens is 496 g/mol. The van der Waals surface area contributed by atoms with Gasteiger partial charge in [-0.3, -0.25) is 4.99 Å². The summed E-state index contributed by atoms with van der Waals surface area (Å²) in [6.45, 7) is 7.92. The van der Waals surface area contributed by atoms with Crippen molar-refractivity contribution >= 4 is 47.0 Å². The summed E-state index contributed by atoms with van der Waals surface area (Å²) >= 11 is 4.41. The van der Waals surface area contributed by atoms with Gasteiger partial charge in [-0.25, -0.2) is 19.1 Å². The van der Waals surface area contributed by atoms with Gasteiger partial charge >= 0.3 is 6.09 Å². The van der Waals surface area contributed by atoms with Gasteiger partial charge in [0.15, 0.2) is 5.17 Å². The molecule has 30 heavy (non-hydrogen) atoms. The van der Waals surface area contributed by atoms with Crippen molar-refractivity contribution < 1.29 is 23.4 Å². The number of fused-ring (bicyclic) bond motifs is 1. The molecule has 166 valence electrons. The molecule has 0 bridgehead atoms. The van der Waals surface area contributed by atoms with Gasteiger partial charge in [0.2, 0.25) is 5.95 Å². The number of hydrogen-bond acceptors (Lipinski definition) is 5. The van der Waals surface area contributed by atoms with Crippen LogP contribution in [0.5, 0.6) is 0 Å². The number of pyridine rings is 1. The number of ether oxygens (including phenoxy) is 1. The van der Waals surface area contributed by atoms with Crippen molar-refractivity contribution in [2.24, 2.45) is 10.9 Å². The molecule has 1 saturated carbocycles. The average Bonchev–Trinajstić information content (AvgIpc) is 3.38. The van der Waals surface area contributed by atoms with Gasteiger partial charge in [0.05, 0.1) is 10.3 Å². The number of amidine groups is 1. The van der Waals surface area contributed by atoms with Crippen molar-refractivity contribution in [2.75, 3.05) is 20.0 Å². The normalized spacial score (nSPS) is 28.0. The van der Waals surface area contributed by atoms with E-state index in [0.717, 1.165) is 22.7 Å². The third-order valence-corrected chi connectivity index (χ3v) is 9.18. The van der Waals surface area contributed by atoms with Crippen molar-refractivity contribution in [3.8, 4) is 0 Å². The minimum Gasteiger partial charge on any atom is -0.465 e. The maximum absolute atomic E-state index is 14.6. The first kappa shape index (κ1) is 23.6. The fraction of sp³-hybridized carbons (Fsp3) is 0.632. The molecule has 0 unspecified atom stereocenters. The maximum Gasteiger partial charge on any atom is 0.415 e. The number of alkyl halides is 1. The van der Waals surface area contributed by atoms with Crippen LogP contribution in [0.2, 0.25) is 25.7 Å². The van der Waals surface area contributed by atoms with Crippen molar-refractivity contribution in [1.82, 2.24) is 9.88 Å². The Bertz CT molecular complexity index is 872. The number of thioether (sulfide) groups is 1. The molecule has 0 saturated heterocycles. The Morgan fingerprint density at radius 1 is 1.50 bits per heavy atom. The van der Waals surface area contributed by atoms with E-state index in [-0.39, 0.29) is 23.4 Å². The lowest BCUT2D eigenvalue weighted by Gasteiger charge is -2.36. The van der Waals surface area contributed by atoms with Crippen LogP contribution >= 0.6 is 27.7 Å². The van der Waals surface area contributed by atoms with Crippen LogP contribution in [0.15, 0.2) is 21.7 Å². The van der Waals surface area contributed by atoms with Crippen LogP contribution in [-0.4, -0.2) is 59.1 Å². The number of aromatic nitrogens is 1. The quantitative estimate of drug-likeness (QED) is 0.227. The summed E-state index contributed by atoms with van der Waals surface area (Å²) in [5.41, 5.74) is -0.903. The summed E-state index contributed by atoms with van der Waals surface area (Å²) in [7, 11) is -1.33. The largest absolute Gasteiger partial charge is 0.465 e. The Morgan fingerprint density at radius 3 is 2.80 bits per heavy atom. The molecule has 0 radical (unpaired) electrons. The van der Waals surface area contributed by atoms with E-state index in [2.05, 4.69) is 45.5 Å². The molecule has 3 rings (SSSR count). The molecule has 1 aliphatic heterocycles. The molecule has 1 aromatic rings. The smallest absolute Gasteiger partial charge is 0.415 e. The van der Waals surface area contributed by atoms with E-state index in [4.69, 9.17) is 4.74 Å². The molecule has 1 amide bonds. The van der Waals surface area contributed by atoms with E-state index in [1.807, 2.05) is 0 Å². The van der Waals surface area contributed by atoms with E-state index in [9.17, 15) is 18.7 Å². The van der Waals surface area contributed by atoms with E-state index in [1.54, 1.807) is 13.0 Å². The maximum atomic E-state index is 14.6. The first-order valence-corrected chi connectivity index (χ1v) is 15.0. The highest BCUT2D eigenvalue weighted by Crippen LogP contribution is 2.66. The number of halogens is 3. The average molecular weight is 522 g/mol. The van der Waals surface area contributed by atoms with E-state index >= 15 is 0 Å². The zero-order chi connectivity index (χ0) is 22.3. The zero-order valence-corrected chi connectivity index (χ0v) is 20.8. The number of hydrogen-bond donors (Lipinski definition) is 1. The van der Waals surface area contributed by atoms with Crippen LogP contribution in [0.4, 0.5) is 13.6 Å². The number of amides is 1. The molecule has 2 aliphatic rings. The van der Waals surface area contributed by atoms with Crippen LogP contribution in [0.25, 0.3) is 0 Å². The summed E-state index contributed by atoms with van der Waals surface area (Å²) in [5, 5.41) is 9.88. The Kier molecular flexibility index (Phi) is 6.67. The SMILES string of the molecule is C[C@]1(c2cc(Br)cnc2F)N=C(N(COCC[Si](C)(C)C)C(=O)O)S[C@@]2(CF)C[C@H]21. The van der Waals surface area contributed by atoms with Gasteiger partial charge in [-0.2, -0.15) is 4.39 Å². The fourth-order valence-electron chi connectivity index (χ4n) is 3.63. The number of carboxylic acid groups (broad SMARTS) is 1. The second kappa shape index (κ2) is 8.48. The monoisotopic (exact) mass is 521 g/mol. The van der Waals surface area contributed by atoms with Gasteiger partial charge in [0, 0.05) is 36.8 Å². The lowest BCUT2D eigenvalue weighted by Crippen LogP contribution is -2.44. The number of carbonyl (C=O) groups is 1. The zero-order valence-electron chi connectivity index (χ0n) is 17.4. The van der Waals surface area contributed by atoms with Gasteiger partial charge in [0.25, 0.3) is 0 Å². The Balaban J connectivity index is 1.92. The highest BCUT2D eigenvalue weighted by atomic mass is 79.9. The molecule has 6 nitrogen and oxygen atoms in total.